The lowest BCUT2D eigenvalue weighted by molar-refractivity contribution is -0.152. The Kier molecular flexibility index (Phi) is 5.98. The van der Waals surface area contributed by atoms with Crippen LogP contribution in [0.15, 0.2) is 34.9 Å². The summed E-state index contributed by atoms with van der Waals surface area (Å²) in [6, 6.07) is 9.58. The summed E-state index contributed by atoms with van der Waals surface area (Å²) >= 11 is 6.10. The summed E-state index contributed by atoms with van der Waals surface area (Å²) in [7, 11) is 0. The highest BCUT2D eigenvalue weighted by atomic mass is 35.5. The van der Waals surface area contributed by atoms with Gasteiger partial charge in [0.15, 0.2) is 5.76 Å². The molecule has 2 atom stereocenters. The van der Waals surface area contributed by atoms with Gasteiger partial charge in [0, 0.05) is 29.7 Å². The molecule has 29 heavy (non-hydrogen) atoms. The molecule has 2 unspecified atom stereocenters. The Labute approximate surface area is 177 Å². The molecule has 0 spiro atoms. The maximum Gasteiger partial charge on any atom is 0.310 e. The average molecular weight is 417 g/mol. The van der Waals surface area contributed by atoms with Gasteiger partial charge in [-0.15, -0.1) is 0 Å². The molecule has 1 aromatic carbocycles. The minimum atomic E-state index is -0.0681. The molecule has 0 N–H and O–H groups in total. The number of hydrogen-bond donors (Lipinski definition) is 0. The quantitative estimate of drug-likeness (QED) is 0.607. The third-order valence-corrected chi connectivity index (χ3v) is 6.92. The standard InChI is InChI=1S/C23H29ClN2O3/c1-3-28-22(27)17-10-18(23(2)8-5-9-23)14-26(13-17)15-20-12-21(25-29-20)16-6-4-7-19(24)11-16/h4,6-7,11-12,17-18H,3,5,8-10,13-15H2,1-2H3. The van der Waals surface area contributed by atoms with Gasteiger partial charge in [0.25, 0.3) is 0 Å². The minimum absolute atomic E-state index is 0.0673. The first-order valence-electron chi connectivity index (χ1n) is 10.6. The van der Waals surface area contributed by atoms with Crippen LogP contribution in [0.25, 0.3) is 11.3 Å². The molecule has 4 rings (SSSR count). The number of nitrogens with zero attached hydrogens (tertiary/aromatic N) is 2. The largest absolute Gasteiger partial charge is 0.466 e. The van der Waals surface area contributed by atoms with Crippen LogP contribution in [0.2, 0.25) is 5.02 Å². The highest BCUT2D eigenvalue weighted by molar-refractivity contribution is 6.30. The summed E-state index contributed by atoms with van der Waals surface area (Å²) in [6.07, 6.45) is 4.72. The summed E-state index contributed by atoms with van der Waals surface area (Å²) in [5.41, 5.74) is 2.07. The van der Waals surface area contributed by atoms with Crippen molar-refractivity contribution in [3.05, 3.63) is 41.1 Å². The molecule has 1 saturated heterocycles. The number of piperidine rings is 1. The number of benzene rings is 1. The van der Waals surface area contributed by atoms with Gasteiger partial charge in [0.05, 0.1) is 19.1 Å². The van der Waals surface area contributed by atoms with Gasteiger partial charge in [-0.25, -0.2) is 0 Å². The van der Waals surface area contributed by atoms with Crippen molar-refractivity contribution in [2.45, 2.75) is 46.1 Å². The first-order valence-corrected chi connectivity index (χ1v) is 10.9. The molecule has 5 nitrogen and oxygen atoms in total. The van der Waals surface area contributed by atoms with Crippen LogP contribution in [-0.2, 0) is 16.1 Å². The highest BCUT2D eigenvalue weighted by Gasteiger charge is 2.45. The van der Waals surface area contributed by atoms with E-state index in [0.717, 1.165) is 30.0 Å². The first-order chi connectivity index (χ1) is 14.0. The van der Waals surface area contributed by atoms with Crippen LogP contribution in [0.5, 0.6) is 0 Å². The molecule has 1 aliphatic carbocycles. The van der Waals surface area contributed by atoms with Crippen LogP contribution in [0.4, 0.5) is 0 Å². The van der Waals surface area contributed by atoms with E-state index in [1.165, 1.54) is 19.3 Å². The molecule has 2 aromatic rings. The van der Waals surface area contributed by atoms with Crippen LogP contribution in [0.3, 0.4) is 0 Å². The van der Waals surface area contributed by atoms with Crippen molar-refractivity contribution < 1.29 is 14.1 Å². The van der Waals surface area contributed by atoms with Gasteiger partial charge in [-0.2, -0.15) is 0 Å². The number of halogens is 1. The predicted octanol–water partition coefficient (Wildman–Crippen LogP) is 5.19. The van der Waals surface area contributed by atoms with E-state index in [0.29, 0.717) is 36.1 Å². The number of aromatic nitrogens is 1. The molecule has 1 aliphatic heterocycles. The number of carbonyl (C=O) groups is 1. The van der Waals surface area contributed by atoms with Gasteiger partial charge in [-0.3, -0.25) is 9.69 Å². The predicted molar refractivity (Wildman–Crippen MR) is 112 cm³/mol. The summed E-state index contributed by atoms with van der Waals surface area (Å²) in [4.78, 5) is 14.8. The zero-order valence-corrected chi connectivity index (χ0v) is 18.0. The molecule has 2 heterocycles. The van der Waals surface area contributed by atoms with E-state index < -0.39 is 0 Å². The van der Waals surface area contributed by atoms with Crippen molar-refractivity contribution in [1.29, 1.82) is 0 Å². The fraction of sp³-hybridized carbons (Fsp3) is 0.565. The van der Waals surface area contributed by atoms with Crippen LogP contribution < -0.4 is 0 Å². The van der Waals surface area contributed by atoms with Crippen molar-refractivity contribution in [1.82, 2.24) is 10.1 Å². The van der Waals surface area contributed by atoms with E-state index in [1.54, 1.807) is 0 Å². The average Bonchev–Trinajstić information content (AvgIpc) is 3.14. The number of ether oxygens (including phenoxy) is 1. The zero-order valence-electron chi connectivity index (χ0n) is 17.2. The highest BCUT2D eigenvalue weighted by Crippen LogP contribution is 2.50. The first kappa shape index (κ1) is 20.4. The van der Waals surface area contributed by atoms with E-state index in [2.05, 4.69) is 17.0 Å². The second-order valence-electron chi connectivity index (χ2n) is 8.77. The van der Waals surface area contributed by atoms with Gasteiger partial charge in [0.2, 0.25) is 0 Å². The number of hydrogen-bond acceptors (Lipinski definition) is 5. The normalized spacial score (nSPS) is 24.1. The number of esters is 1. The smallest absolute Gasteiger partial charge is 0.310 e. The number of carbonyl (C=O) groups excluding carboxylic acids is 1. The van der Waals surface area contributed by atoms with Crippen molar-refractivity contribution in [2.75, 3.05) is 19.7 Å². The van der Waals surface area contributed by atoms with Crippen molar-refractivity contribution in [3.63, 3.8) is 0 Å². The van der Waals surface area contributed by atoms with E-state index in [1.807, 2.05) is 37.3 Å². The van der Waals surface area contributed by atoms with Gasteiger partial charge in [0.1, 0.15) is 5.69 Å². The van der Waals surface area contributed by atoms with Crippen molar-refractivity contribution in [3.8, 4) is 11.3 Å². The minimum Gasteiger partial charge on any atom is -0.466 e. The maximum absolute atomic E-state index is 12.5. The molecule has 2 aliphatic rings. The summed E-state index contributed by atoms with van der Waals surface area (Å²) in [5.74, 6) is 1.18. The van der Waals surface area contributed by atoms with Gasteiger partial charge < -0.3 is 9.26 Å². The van der Waals surface area contributed by atoms with Gasteiger partial charge in [-0.05, 0) is 49.7 Å². The van der Waals surface area contributed by atoms with E-state index in [4.69, 9.17) is 20.9 Å². The zero-order chi connectivity index (χ0) is 20.4. The maximum atomic E-state index is 12.5. The Morgan fingerprint density at radius 1 is 1.34 bits per heavy atom. The monoisotopic (exact) mass is 416 g/mol. The van der Waals surface area contributed by atoms with Gasteiger partial charge in [-0.1, -0.05) is 42.2 Å². The van der Waals surface area contributed by atoms with Crippen LogP contribution >= 0.6 is 11.6 Å². The topological polar surface area (TPSA) is 55.6 Å². The Balaban J connectivity index is 1.48. The second-order valence-corrected chi connectivity index (χ2v) is 9.21. The molecule has 6 heteroatoms. The Bertz CT molecular complexity index is 861. The summed E-state index contributed by atoms with van der Waals surface area (Å²) in [5, 5.41) is 4.90. The molecule has 0 amide bonds. The van der Waals surface area contributed by atoms with Gasteiger partial charge >= 0.3 is 5.97 Å². The summed E-state index contributed by atoms with van der Waals surface area (Å²) in [6.45, 7) is 7.02. The molecule has 1 aromatic heterocycles. The Hall–Kier alpha value is -1.85. The molecule has 0 radical (unpaired) electrons. The summed E-state index contributed by atoms with van der Waals surface area (Å²) < 4.78 is 11.0. The fourth-order valence-corrected chi connectivity index (χ4v) is 4.98. The molecular weight excluding hydrogens is 388 g/mol. The molecular formula is C23H29ClN2O3. The van der Waals surface area contributed by atoms with E-state index >= 15 is 0 Å². The lowest BCUT2D eigenvalue weighted by Crippen LogP contribution is -2.50. The lowest BCUT2D eigenvalue weighted by Gasteiger charge is -2.50. The molecule has 1 saturated carbocycles. The van der Waals surface area contributed by atoms with Crippen LogP contribution in [-0.4, -0.2) is 35.7 Å². The molecule has 2 fully saturated rings. The van der Waals surface area contributed by atoms with Crippen molar-refractivity contribution >= 4 is 17.6 Å². The molecule has 0 bridgehead atoms. The SMILES string of the molecule is CCOC(=O)C1CC(C2(C)CCC2)CN(Cc2cc(-c3cccc(Cl)c3)no2)C1. The van der Waals surface area contributed by atoms with E-state index in [9.17, 15) is 4.79 Å². The van der Waals surface area contributed by atoms with E-state index in [-0.39, 0.29) is 11.9 Å². The number of rotatable bonds is 6. The van der Waals surface area contributed by atoms with Crippen LogP contribution in [0.1, 0.15) is 45.3 Å². The lowest BCUT2D eigenvalue weighted by atomic mass is 9.59. The van der Waals surface area contributed by atoms with Crippen LogP contribution in [0, 0.1) is 17.3 Å². The second kappa shape index (κ2) is 8.49. The third-order valence-electron chi connectivity index (χ3n) is 6.69. The Morgan fingerprint density at radius 2 is 2.17 bits per heavy atom. The number of likely N-dealkylation sites (tertiary alicyclic amines) is 1. The molecule has 156 valence electrons. The van der Waals surface area contributed by atoms with Crippen molar-refractivity contribution in [2.24, 2.45) is 17.3 Å². The third kappa shape index (κ3) is 4.51. The Morgan fingerprint density at radius 3 is 2.86 bits per heavy atom. The fourth-order valence-electron chi connectivity index (χ4n) is 4.79.